The lowest BCUT2D eigenvalue weighted by molar-refractivity contribution is 0.0766. The Morgan fingerprint density at radius 3 is 2.73 bits per heavy atom. The Hall–Kier alpha value is -4.01. The first-order valence-electron chi connectivity index (χ1n) is 16.0. The van der Waals surface area contributed by atoms with E-state index in [1.807, 2.05) is 0 Å². The molecular weight excluding hydrogens is 578 g/mol. The summed E-state index contributed by atoms with van der Waals surface area (Å²) in [4.78, 5) is 30.1. The number of hydrogen-bond acceptors (Lipinski definition) is 8. The summed E-state index contributed by atoms with van der Waals surface area (Å²) >= 11 is 0. The second-order valence-corrected chi connectivity index (χ2v) is 13.2. The van der Waals surface area contributed by atoms with E-state index >= 15 is 0 Å². The number of anilines is 2. The molecule has 9 nitrogen and oxygen atoms in total. The Bertz CT molecular complexity index is 1730. The summed E-state index contributed by atoms with van der Waals surface area (Å²) in [5, 5.41) is 15.2. The minimum absolute atomic E-state index is 0.0355. The number of fused-ring (bicyclic) bond motifs is 5. The van der Waals surface area contributed by atoms with Crippen molar-refractivity contribution in [2.24, 2.45) is 0 Å². The van der Waals surface area contributed by atoms with Crippen LogP contribution in [0, 0.1) is 18.2 Å². The number of nitrogens with one attached hydrogen (secondary N) is 1. The molecule has 1 amide bonds. The van der Waals surface area contributed by atoms with Crippen LogP contribution in [0.4, 0.5) is 20.3 Å². The highest BCUT2D eigenvalue weighted by Gasteiger charge is 2.50. The van der Waals surface area contributed by atoms with E-state index in [1.54, 1.807) is 6.07 Å². The van der Waals surface area contributed by atoms with Crippen molar-refractivity contribution in [3.05, 3.63) is 46.9 Å². The number of benzene rings is 2. The summed E-state index contributed by atoms with van der Waals surface area (Å²) in [6.07, 6.45) is 11.9. The number of carbonyl (C=O) groups is 1. The highest BCUT2D eigenvalue weighted by atomic mass is 19.1. The first-order valence-corrected chi connectivity index (χ1v) is 16.0. The summed E-state index contributed by atoms with van der Waals surface area (Å²) in [7, 11) is 0. The SMILES string of the molecule is C#Cc1c(F)ccc2cc(O)cc(N3CCc4c(nc(OC[C@]56CCCN5[C@@H](CF)CC6)nc4N4C[C@H]5CC[C@@H](C4)N5)C3=O)c12. The van der Waals surface area contributed by atoms with Crippen LogP contribution in [-0.4, -0.2) is 89.0 Å². The maximum absolute atomic E-state index is 14.9. The Labute approximate surface area is 260 Å². The van der Waals surface area contributed by atoms with Crippen LogP contribution < -0.4 is 19.9 Å². The van der Waals surface area contributed by atoms with Gasteiger partial charge in [0.05, 0.1) is 16.8 Å². The summed E-state index contributed by atoms with van der Waals surface area (Å²) < 4.78 is 35.0. The van der Waals surface area contributed by atoms with Gasteiger partial charge in [0.15, 0.2) is 0 Å². The van der Waals surface area contributed by atoms with Crippen molar-refractivity contribution in [1.29, 1.82) is 0 Å². The molecule has 4 fully saturated rings. The number of alkyl halides is 1. The maximum atomic E-state index is 14.9. The quantitative estimate of drug-likeness (QED) is 0.404. The van der Waals surface area contributed by atoms with E-state index in [4.69, 9.17) is 21.1 Å². The fraction of sp³-hybridized carbons (Fsp3) is 0.500. The van der Waals surface area contributed by atoms with Gasteiger partial charge in [-0.15, -0.1) is 6.42 Å². The molecule has 0 spiro atoms. The zero-order chi connectivity index (χ0) is 30.9. The van der Waals surface area contributed by atoms with Crippen LogP contribution in [0.1, 0.15) is 60.1 Å². The number of piperazine rings is 1. The molecule has 4 saturated heterocycles. The number of ether oxygens (including phenoxy) is 1. The summed E-state index contributed by atoms with van der Waals surface area (Å²) in [6.45, 7) is 2.64. The van der Waals surface area contributed by atoms with Crippen molar-refractivity contribution in [3.63, 3.8) is 0 Å². The van der Waals surface area contributed by atoms with Crippen molar-refractivity contribution >= 4 is 28.2 Å². The first kappa shape index (κ1) is 28.5. The zero-order valence-corrected chi connectivity index (χ0v) is 25.1. The van der Waals surface area contributed by atoms with Crippen LogP contribution in [-0.2, 0) is 6.42 Å². The standard InChI is InChI=1S/C34H36F2N6O3/c1-2-25-27(36)7-4-20-14-24(43)15-28(29(20)25)41-13-9-26-30(32(41)44)38-33(39-31(26)40-17-21-5-6-22(18-40)37-21)45-19-34-10-3-12-42(34)23(16-35)8-11-34/h1,4,7,14-15,21-23,37,43H,3,5-6,8-13,16-19H2/t21-,22+,23-,34-/m1/s1. The third kappa shape index (κ3) is 4.60. The van der Waals surface area contributed by atoms with Gasteiger partial charge >= 0.3 is 6.01 Å². The fourth-order valence-corrected chi connectivity index (χ4v) is 8.57. The lowest BCUT2D eigenvalue weighted by Crippen LogP contribution is -2.52. The molecular formula is C34H36F2N6O3. The lowest BCUT2D eigenvalue weighted by atomic mass is 9.95. The molecule has 0 saturated carbocycles. The molecule has 3 aromatic rings. The predicted octanol–water partition coefficient (Wildman–Crippen LogP) is 3.94. The van der Waals surface area contributed by atoms with Gasteiger partial charge in [0.25, 0.3) is 5.91 Å². The Morgan fingerprint density at radius 2 is 1.96 bits per heavy atom. The highest BCUT2D eigenvalue weighted by molar-refractivity contribution is 6.13. The molecule has 2 aromatic carbocycles. The second-order valence-electron chi connectivity index (χ2n) is 13.2. The van der Waals surface area contributed by atoms with E-state index in [2.05, 4.69) is 21.0 Å². The molecule has 8 rings (SSSR count). The van der Waals surface area contributed by atoms with Gasteiger partial charge in [-0.2, -0.15) is 9.97 Å². The largest absolute Gasteiger partial charge is 0.508 e. The number of carbonyl (C=O) groups excluding carboxylic acids is 1. The molecule has 5 aliphatic rings. The maximum Gasteiger partial charge on any atom is 0.319 e. The lowest BCUT2D eigenvalue weighted by Gasteiger charge is -2.37. The Balaban J connectivity index is 1.19. The average molecular weight is 615 g/mol. The molecule has 11 heteroatoms. The molecule has 234 valence electrons. The third-order valence-corrected chi connectivity index (χ3v) is 10.7. The van der Waals surface area contributed by atoms with Crippen LogP contribution in [0.2, 0.25) is 0 Å². The molecule has 2 bridgehead atoms. The molecule has 0 unspecified atom stereocenters. The summed E-state index contributed by atoms with van der Waals surface area (Å²) in [5.74, 6) is 2.13. The number of amides is 1. The van der Waals surface area contributed by atoms with E-state index < -0.39 is 5.82 Å². The number of nitrogens with zero attached hydrogens (tertiary/aromatic N) is 5. The smallest absolute Gasteiger partial charge is 0.319 e. The average Bonchev–Trinajstić information content (AvgIpc) is 3.72. The van der Waals surface area contributed by atoms with Gasteiger partial charge in [0.1, 0.15) is 36.4 Å². The molecule has 5 aliphatic heterocycles. The third-order valence-electron chi connectivity index (χ3n) is 10.7. The molecule has 2 N–H and O–H groups in total. The van der Waals surface area contributed by atoms with Gasteiger partial charge in [-0.25, -0.2) is 8.78 Å². The normalized spacial score (nSPS) is 27.6. The van der Waals surface area contributed by atoms with E-state index in [0.29, 0.717) is 47.4 Å². The topological polar surface area (TPSA) is 94.1 Å². The monoisotopic (exact) mass is 614 g/mol. The van der Waals surface area contributed by atoms with Gasteiger partial charge in [0, 0.05) is 54.8 Å². The minimum Gasteiger partial charge on any atom is -0.508 e. The van der Waals surface area contributed by atoms with Crippen molar-refractivity contribution in [1.82, 2.24) is 20.2 Å². The van der Waals surface area contributed by atoms with E-state index in [9.17, 15) is 18.7 Å². The fourth-order valence-electron chi connectivity index (χ4n) is 8.57. The number of hydrogen-bond donors (Lipinski definition) is 2. The Morgan fingerprint density at radius 1 is 1.13 bits per heavy atom. The molecule has 4 atom stereocenters. The number of terminal acetylenes is 1. The van der Waals surface area contributed by atoms with Crippen LogP contribution in [0.3, 0.4) is 0 Å². The first-order chi connectivity index (χ1) is 21.9. The number of rotatable bonds is 6. The Kier molecular flexibility index (Phi) is 6.84. The van der Waals surface area contributed by atoms with E-state index in [-0.39, 0.29) is 53.7 Å². The van der Waals surface area contributed by atoms with Crippen molar-refractivity contribution in [2.75, 3.05) is 49.3 Å². The molecule has 45 heavy (non-hydrogen) atoms. The van der Waals surface area contributed by atoms with Crippen molar-refractivity contribution in [2.45, 2.75) is 68.6 Å². The van der Waals surface area contributed by atoms with Gasteiger partial charge in [-0.3, -0.25) is 9.69 Å². The molecule has 6 heterocycles. The summed E-state index contributed by atoms with van der Waals surface area (Å²) in [6, 6.07) is 6.53. The number of aromatic nitrogens is 2. The van der Waals surface area contributed by atoms with Crippen LogP contribution >= 0.6 is 0 Å². The molecule has 1 aromatic heterocycles. The number of phenols is 1. The van der Waals surface area contributed by atoms with Gasteiger partial charge < -0.3 is 25.0 Å². The van der Waals surface area contributed by atoms with E-state index in [0.717, 1.165) is 63.7 Å². The van der Waals surface area contributed by atoms with Gasteiger partial charge in [-0.05, 0) is 69.0 Å². The zero-order valence-electron chi connectivity index (χ0n) is 25.1. The highest BCUT2D eigenvalue weighted by Crippen LogP contribution is 2.43. The second kappa shape index (κ2) is 10.8. The van der Waals surface area contributed by atoms with E-state index in [1.165, 1.54) is 23.1 Å². The number of aromatic hydroxyl groups is 1. The van der Waals surface area contributed by atoms with Gasteiger partial charge in [0.2, 0.25) is 0 Å². The number of halogens is 2. The van der Waals surface area contributed by atoms with Crippen LogP contribution in [0.5, 0.6) is 11.8 Å². The van der Waals surface area contributed by atoms with Crippen LogP contribution in [0.25, 0.3) is 10.8 Å². The van der Waals surface area contributed by atoms with Gasteiger partial charge in [-0.1, -0.05) is 12.0 Å². The van der Waals surface area contributed by atoms with Crippen molar-refractivity contribution in [3.8, 4) is 24.1 Å². The summed E-state index contributed by atoms with van der Waals surface area (Å²) in [5.41, 5.74) is 1.11. The van der Waals surface area contributed by atoms with Crippen molar-refractivity contribution < 1.29 is 23.4 Å². The minimum atomic E-state index is -0.572. The molecule has 0 aliphatic carbocycles. The van der Waals surface area contributed by atoms with Crippen LogP contribution in [0.15, 0.2) is 24.3 Å². The predicted molar refractivity (Wildman–Crippen MR) is 166 cm³/mol. The number of phenolic OH excluding ortho intramolecular Hbond substituents is 1. The molecule has 0 radical (unpaired) electrons.